The molecular weight excluding hydrogens is 478 g/mol. The van der Waals surface area contributed by atoms with Crippen LogP contribution in [0.15, 0.2) is 87.1 Å². The predicted molar refractivity (Wildman–Crippen MR) is 141 cm³/mol. The van der Waals surface area contributed by atoms with Crippen molar-refractivity contribution in [2.24, 2.45) is 4.99 Å². The third kappa shape index (κ3) is 4.38. The van der Waals surface area contributed by atoms with Crippen molar-refractivity contribution in [1.82, 2.24) is 4.57 Å². The van der Waals surface area contributed by atoms with Crippen LogP contribution in [0.25, 0.3) is 6.08 Å². The third-order valence-electron chi connectivity index (χ3n) is 5.89. The van der Waals surface area contributed by atoms with E-state index in [4.69, 9.17) is 9.73 Å². The molecule has 0 bridgehead atoms. The van der Waals surface area contributed by atoms with Crippen LogP contribution >= 0.6 is 22.7 Å². The average Bonchev–Trinajstić information content (AvgIpc) is 3.41. The zero-order valence-corrected chi connectivity index (χ0v) is 21.1. The summed E-state index contributed by atoms with van der Waals surface area (Å²) >= 11 is 2.93. The standard InChI is InChI=1S/C27H23N3O3S2/c1-16-13-14-34-21(16)15-22-26(32)30-24(18-9-11-20(33-3)12-10-18)23(17(2)28-27(30)35-22)25(31)29-19-7-5-4-6-8-19/h4-15,24H,1-3H3,(H,29,31). The largest absolute Gasteiger partial charge is 0.497 e. The first-order chi connectivity index (χ1) is 17.0. The lowest BCUT2D eigenvalue weighted by Gasteiger charge is -2.25. The quantitative estimate of drug-likeness (QED) is 0.444. The molecule has 2 aromatic heterocycles. The highest BCUT2D eigenvalue weighted by atomic mass is 32.1. The molecule has 0 spiro atoms. The smallest absolute Gasteiger partial charge is 0.271 e. The number of thiazole rings is 1. The minimum atomic E-state index is -0.618. The fourth-order valence-corrected chi connectivity index (χ4v) is 6.05. The van der Waals surface area contributed by atoms with Crippen LogP contribution in [-0.2, 0) is 4.79 Å². The van der Waals surface area contributed by atoms with Gasteiger partial charge in [0, 0.05) is 10.6 Å². The van der Waals surface area contributed by atoms with Gasteiger partial charge in [0.1, 0.15) is 5.75 Å². The number of anilines is 1. The summed E-state index contributed by atoms with van der Waals surface area (Å²) < 4.78 is 7.54. The fraction of sp³-hybridized carbons (Fsp3) is 0.148. The van der Waals surface area contributed by atoms with Crippen molar-refractivity contribution in [3.63, 3.8) is 0 Å². The van der Waals surface area contributed by atoms with Gasteiger partial charge in [0.15, 0.2) is 4.80 Å². The molecule has 1 aliphatic heterocycles. The van der Waals surface area contributed by atoms with Gasteiger partial charge in [0.2, 0.25) is 0 Å². The maximum Gasteiger partial charge on any atom is 0.271 e. The van der Waals surface area contributed by atoms with Gasteiger partial charge in [-0.2, -0.15) is 0 Å². The molecule has 5 rings (SSSR count). The Kier molecular flexibility index (Phi) is 6.23. The van der Waals surface area contributed by atoms with E-state index >= 15 is 0 Å². The maximum atomic E-state index is 13.7. The second-order valence-electron chi connectivity index (χ2n) is 8.14. The fourth-order valence-electron chi connectivity index (χ4n) is 4.08. The molecule has 1 amide bonds. The van der Waals surface area contributed by atoms with E-state index in [1.54, 1.807) is 23.0 Å². The maximum absolute atomic E-state index is 13.7. The zero-order valence-electron chi connectivity index (χ0n) is 19.4. The number of ether oxygens (including phenoxy) is 1. The molecule has 1 N–H and O–H groups in total. The van der Waals surface area contributed by atoms with Crippen LogP contribution in [0.2, 0.25) is 0 Å². The highest BCUT2D eigenvalue weighted by molar-refractivity contribution is 7.11. The molecule has 6 nitrogen and oxygen atoms in total. The van der Waals surface area contributed by atoms with E-state index in [0.717, 1.165) is 16.0 Å². The molecule has 1 unspecified atom stereocenters. The van der Waals surface area contributed by atoms with Gasteiger partial charge in [-0.05, 0) is 66.8 Å². The Morgan fingerprint density at radius 3 is 2.49 bits per heavy atom. The van der Waals surface area contributed by atoms with E-state index < -0.39 is 6.04 Å². The lowest BCUT2D eigenvalue weighted by molar-refractivity contribution is -0.113. The number of carbonyl (C=O) groups excluding carboxylic acids is 1. The molecule has 2 aromatic carbocycles. The van der Waals surface area contributed by atoms with Crippen molar-refractivity contribution in [1.29, 1.82) is 0 Å². The third-order valence-corrected chi connectivity index (χ3v) is 7.84. The highest BCUT2D eigenvalue weighted by Crippen LogP contribution is 2.31. The lowest BCUT2D eigenvalue weighted by Crippen LogP contribution is -2.40. The Labute approximate surface area is 210 Å². The summed E-state index contributed by atoms with van der Waals surface area (Å²) in [5.74, 6) is 0.409. The number of para-hydroxylation sites is 1. The number of benzene rings is 2. The van der Waals surface area contributed by atoms with Crippen molar-refractivity contribution in [3.8, 4) is 5.75 Å². The number of methoxy groups -OCH3 is 1. The molecule has 1 aliphatic rings. The summed E-state index contributed by atoms with van der Waals surface area (Å²) in [7, 11) is 1.60. The van der Waals surface area contributed by atoms with E-state index in [1.165, 1.54) is 11.3 Å². The minimum Gasteiger partial charge on any atom is -0.497 e. The van der Waals surface area contributed by atoms with Crippen molar-refractivity contribution in [3.05, 3.63) is 113 Å². The summed E-state index contributed by atoms with van der Waals surface area (Å²) in [5.41, 5.74) is 3.45. The van der Waals surface area contributed by atoms with Crippen LogP contribution in [0.5, 0.6) is 5.75 Å². The second kappa shape index (κ2) is 9.48. The molecule has 176 valence electrons. The Hall–Kier alpha value is -3.75. The number of nitrogens with zero attached hydrogens (tertiary/aromatic N) is 2. The number of fused-ring (bicyclic) bond motifs is 1. The Morgan fingerprint density at radius 1 is 1.09 bits per heavy atom. The zero-order chi connectivity index (χ0) is 24.5. The first kappa shape index (κ1) is 23.0. The van der Waals surface area contributed by atoms with Crippen LogP contribution in [0.4, 0.5) is 5.69 Å². The number of aryl methyl sites for hydroxylation is 1. The molecule has 1 atom stereocenters. The SMILES string of the molecule is COc1ccc(C2C(C(=O)Nc3ccccc3)=C(C)N=c3sc(=Cc4sccc4C)c(=O)n32)cc1. The molecule has 0 fully saturated rings. The average molecular weight is 502 g/mol. The molecular formula is C27H23N3O3S2. The summed E-state index contributed by atoms with van der Waals surface area (Å²) in [6.07, 6.45) is 1.91. The van der Waals surface area contributed by atoms with Gasteiger partial charge in [0.05, 0.1) is 29.0 Å². The van der Waals surface area contributed by atoms with Crippen LogP contribution < -0.4 is 24.9 Å². The Morgan fingerprint density at radius 2 is 1.83 bits per heavy atom. The van der Waals surface area contributed by atoms with Crippen LogP contribution in [-0.4, -0.2) is 17.6 Å². The van der Waals surface area contributed by atoms with Crippen molar-refractivity contribution < 1.29 is 9.53 Å². The first-order valence-corrected chi connectivity index (χ1v) is 12.7. The normalized spacial score (nSPS) is 15.5. The molecule has 0 aliphatic carbocycles. The number of amides is 1. The van der Waals surface area contributed by atoms with Crippen LogP contribution in [0.1, 0.15) is 29.0 Å². The Bertz CT molecular complexity index is 1610. The number of hydrogen-bond donors (Lipinski definition) is 1. The summed E-state index contributed by atoms with van der Waals surface area (Å²) in [6.45, 7) is 3.84. The van der Waals surface area contributed by atoms with Crippen LogP contribution in [0.3, 0.4) is 0 Å². The van der Waals surface area contributed by atoms with E-state index in [1.807, 2.05) is 86.0 Å². The molecule has 0 saturated heterocycles. The number of allylic oxidation sites excluding steroid dienone is 1. The van der Waals surface area contributed by atoms with Gasteiger partial charge in [0.25, 0.3) is 11.5 Å². The molecule has 35 heavy (non-hydrogen) atoms. The van der Waals surface area contributed by atoms with Gasteiger partial charge in [-0.3, -0.25) is 14.2 Å². The van der Waals surface area contributed by atoms with Crippen molar-refractivity contribution in [2.45, 2.75) is 19.9 Å². The van der Waals surface area contributed by atoms with Gasteiger partial charge >= 0.3 is 0 Å². The predicted octanol–water partition coefficient (Wildman–Crippen LogP) is 4.25. The topological polar surface area (TPSA) is 72.7 Å². The lowest BCUT2D eigenvalue weighted by atomic mass is 9.95. The molecule has 0 radical (unpaired) electrons. The van der Waals surface area contributed by atoms with E-state index in [9.17, 15) is 9.59 Å². The van der Waals surface area contributed by atoms with E-state index in [2.05, 4.69) is 5.32 Å². The number of hydrogen-bond acceptors (Lipinski definition) is 6. The number of nitrogens with one attached hydrogen (secondary N) is 1. The van der Waals surface area contributed by atoms with Gasteiger partial charge in [-0.25, -0.2) is 4.99 Å². The van der Waals surface area contributed by atoms with E-state index in [-0.39, 0.29) is 11.5 Å². The van der Waals surface area contributed by atoms with Gasteiger partial charge < -0.3 is 10.1 Å². The monoisotopic (exact) mass is 501 g/mol. The van der Waals surface area contributed by atoms with Crippen molar-refractivity contribution >= 4 is 40.3 Å². The molecule has 3 heterocycles. The van der Waals surface area contributed by atoms with Crippen LogP contribution in [0, 0.1) is 6.92 Å². The van der Waals surface area contributed by atoms with E-state index in [0.29, 0.717) is 32.0 Å². The number of rotatable bonds is 5. The number of thiophene rings is 1. The summed E-state index contributed by atoms with van der Waals surface area (Å²) in [6, 6.07) is 18.1. The molecule has 0 saturated carbocycles. The number of aromatic nitrogens is 1. The second-order valence-corrected chi connectivity index (χ2v) is 10.1. The summed E-state index contributed by atoms with van der Waals surface area (Å²) in [4.78, 5) is 33.5. The Balaban J connectivity index is 1.68. The summed E-state index contributed by atoms with van der Waals surface area (Å²) in [5, 5.41) is 4.97. The minimum absolute atomic E-state index is 0.167. The van der Waals surface area contributed by atoms with Crippen molar-refractivity contribution in [2.75, 3.05) is 12.4 Å². The number of carbonyl (C=O) groups is 1. The molecule has 8 heteroatoms. The first-order valence-electron chi connectivity index (χ1n) is 11.0. The van der Waals surface area contributed by atoms with Gasteiger partial charge in [-0.1, -0.05) is 41.7 Å². The molecule has 4 aromatic rings. The van der Waals surface area contributed by atoms with Gasteiger partial charge in [-0.15, -0.1) is 11.3 Å². The highest BCUT2D eigenvalue weighted by Gasteiger charge is 2.32.